The highest BCUT2D eigenvalue weighted by molar-refractivity contribution is 5.40. The second-order valence-electron chi connectivity index (χ2n) is 6.72. The lowest BCUT2D eigenvalue weighted by Crippen LogP contribution is -2.41. The van der Waals surface area contributed by atoms with Crippen LogP contribution in [0.2, 0.25) is 0 Å². The van der Waals surface area contributed by atoms with Crippen LogP contribution in [0.5, 0.6) is 5.75 Å². The average molecular weight is 288 g/mol. The molecule has 0 spiro atoms. The highest BCUT2D eigenvalue weighted by Gasteiger charge is 2.19. The maximum Gasteiger partial charge on any atom is 0.123 e. The van der Waals surface area contributed by atoms with Crippen molar-refractivity contribution in [3.63, 3.8) is 0 Å². The number of piperidine rings is 1. The molecule has 2 unspecified atom stereocenters. The number of nitrogens with zero attached hydrogens (tertiary/aromatic N) is 1. The van der Waals surface area contributed by atoms with E-state index >= 15 is 0 Å². The molecule has 3 nitrogen and oxygen atoms in total. The zero-order chi connectivity index (χ0) is 14.7. The molecule has 116 valence electrons. The van der Waals surface area contributed by atoms with E-state index in [0.717, 1.165) is 18.7 Å². The Hall–Kier alpha value is -1.06. The van der Waals surface area contributed by atoms with Crippen LogP contribution in [0, 0.1) is 0 Å². The normalized spacial score (nSPS) is 23.6. The summed E-state index contributed by atoms with van der Waals surface area (Å²) in [5.41, 5.74) is 2.74. The predicted molar refractivity (Wildman–Crippen MR) is 86.8 cm³/mol. The van der Waals surface area contributed by atoms with Crippen LogP contribution >= 0.6 is 0 Å². The number of benzene rings is 1. The van der Waals surface area contributed by atoms with Crippen molar-refractivity contribution in [3.8, 4) is 5.75 Å². The first-order chi connectivity index (χ1) is 10.2. The topological polar surface area (TPSA) is 24.5 Å². The molecule has 2 aliphatic rings. The minimum atomic E-state index is 0.334. The largest absolute Gasteiger partial charge is 0.490 e. The van der Waals surface area contributed by atoms with Gasteiger partial charge in [0.15, 0.2) is 0 Å². The van der Waals surface area contributed by atoms with Gasteiger partial charge >= 0.3 is 0 Å². The SMILES string of the molecule is CC(CN1CCCCC1)NCc1ccc2c(c1)CC(C)O2. The van der Waals surface area contributed by atoms with Gasteiger partial charge < -0.3 is 15.0 Å². The number of rotatable bonds is 5. The third-order valence-electron chi connectivity index (χ3n) is 4.60. The smallest absolute Gasteiger partial charge is 0.123 e. The summed E-state index contributed by atoms with van der Waals surface area (Å²) in [7, 11) is 0. The van der Waals surface area contributed by atoms with Gasteiger partial charge in [0.2, 0.25) is 0 Å². The third-order valence-corrected chi connectivity index (χ3v) is 4.60. The summed E-state index contributed by atoms with van der Waals surface area (Å²) in [6.45, 7) is 9.12. The molecule has 1 aromatic rings. The van der Waals surface area contributed by atoms with E-state index in [9.17, 15) is 0 Å². The summed E-state index contributed by atoms with van der Waals surface area (Å²) < 4.78 is 5.76. The summed E-state index contributed by atoms with van der Waals surface area (Å²) in [6, 6.07) is 7.17. The van der Waals surface area contributed by atoms with Crippen molar-refractivity contribution in [3.05, 3.63) is 29.3 Å². The van der Waals surface area contributed by atoms with E-state index in [1.165, 1.54) is 50.0 Å². The van der Waals surface area contributed by atoms with Crippen LogP contribution in [0.15, 0.2) is 18.2 Å². The minimum Gasteiger partial charge on any atom is -0.490 e. The zero-order valence-electron chi connectivity index (χ0n) is 13.4. The molecule has 0 aromatic heterocycles. The Bertz CT molecular complexity index is 468. The molecule has 2 heterocycles. The van der Waals surface area contributed by atoms with Gasteiger partial charge in [0.25, 0.3) is 0 Å². The van der Waals surface area contributed by atoms with Gasteiger partial charge in [-0.1, -0.05) is 18.6 Å². The van der Waals surface area contributed by atoms with Gasteiger partial charge in [0, 0.05) is 25.6 Å². The number of hydrogen-bond donors (Lipinski definition) is 1. The van der Waals surface area contributed by atoms with Crippen LogP contribution in [0.4, 0.5) is 0 Å². The number of ether oxygens (including phenoxy) is 1. The number of hydrogen-bond acceptors (Lipinski definition) is 3. The van der Waals surface area contributed by atoms with Crippen molar-refractivity contribution >= 4 is 0 Å². The summed E-state index contributed by atoms with van der Waals surface area (Å²) in [6.07, 6.45) is 5.53. The fourth-order valence-electron chi connectivity index (χ4n) is 3.47. The van der Waals surface area contributed by atoms with Gasteiger partial charge in [-0.2, -0.15) is 0 Å². The summed E-state index contributed by atoms with van der Waals surface area (Å²) in [4.78, 5) is 2.60. The van der Waals surface area contributed by atoms with Crippen molar-refractivity contribution in [2.24, 2.45) is 0 Å². The molecular formula is C18H28N2O. The first-order valence-corrected chi connectivity index (χ1v) is 8.45. The predicted octanol–water partition coefficient (Wildman–Crippen LogP) is 2.97. The second-order valence-corrected chi connectivity index (χ2v) is 6.72. The average Bonchev–Trinajstić information content (AvgIpc) is 2.85. The van der Waals surface area contributed by atoms with Gasteiger partial charge in [-0.15, -0.1) is 0 Å². The molecule has 2 aliphatic heterocycles. The van der Waals surface area contributed by atoms with Gasteiger partial charge in [0.05, 0.1) is 0 Å². The molecule has 3 heteroatoms. The number of nitrogens with one attached hydrogen (secondary N) is 1. The highest BCUT2D eigenvalue weighted by atomic mass is 16.5. The molecule has 2 atom stereocenters. The molecule has 3 rings (SSSR count). The summed E-state index contributed by atoms with van der Waals surface area (Å²) >= 11 is 0. The van der Waals surface area contributed by atoms with Crippen molar-refractivity contribution in [1.82, 2.24) is 10.2 Å². The standard InChI is InChI=1S/C18H28N2O/c1-14(13-20-8-4-3-5-9-20)19-12-16-6-7-18-17(11-16)10-15(2)21-18/h6-7,11,14-15,19H,3-5,8-10,12-13H2,1-2H3. The van der Waals surface area contributed by atoms with E-state index in [-0.39, 0.29) is 0 Å². The van der Waals surface area contributed by atoms with E-state index in [2.05, 4.69) is 42.3 Å². The third kappa shape index (κ3) is 3.98. The van der Waals surface area contributed by atoms with E-state index in [1.807, 2.05) is 0 Å². The fourth-order valence-corrected chi connectivity index (χ4v) is 3.47. The Balaban J connectivity index is 1.47. The molecule has 1 saturated heterocycles. The van der Waals surface area contributed by atoms with E-state index in [0.29, 0.717) is 12.1 Å². The quantitative estimate of drug-likeness (QED) is 0.901. The number of likely N-dealkylation sites (tertiary alicyclic amines) is 1. The Labute approximate surface area is 128 Å². The highest BCUT2D eigenvalue weighted by Crippen LogP contribution is 2.29. The first-order valence-electron chi connectivity index (χ1n) is 8.45. The Morgan fingerprint density at radius 1 is 1.29 bits per heavy atom. The summed E-state index contributed by atoms with van der Waals surface area (Å²) in [5, 5.41) is 3.67. The van der Waals surface area contributed by atoms with Crippen LogP contribution in [-0.4, -0.2) is 36.7 Å². The minimum absolute atomic E-state index is 0.334. The van der Waals surface area contributed by atoms with E-state index < -0.39 is 0 Å². The zero-order valence-corrected chi connectivity index (χ0v) is 13.4. The Morgan fingerprint density at radius 2 is 2.10 bits per heavy atom. The van der Waals surface area contributed by atoms with Crippen LogP contribution in [0.25, 0.3) is 0 Å². The number of fused-ring (bicyclic) bond motifs is 1. The summed E-state index contributed by atoms with van der Waals surface area (Å²) in [5.74, 6) is 1.08. The molecule has 0 bridgehead atoms. The molecule has 0 saturated carbocycles. The van der Waals surface area contributed by atoms with E-state index in [1.54, 1.807) is 0 Å². The van der Waals surface area contributed by atoms with Crippen LogP contribution < -0.4 is 10.1 Å². The van der Waals surface area contributed by atoms with Gasteiger partial charge in [0.1, 0.15) is 11.9 Å². The van der Waals surface area contributed by atoms with Crippen LogP contribution in [-0.2, 0) is 13.0 Å². The molecule has 1 N–H and O–H groups in total. The molecule has 0 radical (unpaired) electrons. The van der Waals surface area contributed by atoms with Gasteiger partial charge in [-0.25, -0.2) is 0 Å². The molecular weight excluding hydrogens is 260 g/mol. The molecule has 0 aliphatic carbocycles. The Morgan fingerprint density at radius 3 is 2.90 bits per heavy atom. The lowest BCUT2D eigenvalue weighted by Gasteiger charge is -2.29. The van der Waals surface area contributed by atoms with Crippen molar-refractivity contribution in [1.29, 1.82) is 0 Å². The van der Waals surface area contributed by atoms with E-state index in [4.69, 9.17) is 4.74 Å². The lowest BCUT2D eigenvalue weighted by atomic mass is 10.1. The molecule has 1 aromatic carbocycles. The Kier molecular flexibility index (Phi) is 4.81. The first kappa shape index (κ1) is 14.9. The fraction of sp³-hybridized carbons (Fsp3) is 0.667. The van der Waals surface area contributed by atoms with Crippen molar-refractivity contribution in [2.45, 2.75) is 58.2 Å². The maximum absolute atomic E-state index is 5.76. The van der Waals surface area contributed by atoms with Crippen molar-refractivity contribution in [2.75, 3.05) is 19.6 Å². The second kappa shape index (κ2) is 6.80. The monoisotopic (exact) mass is 288 g/mol. The maximum atomic E-state index is 5.76. The van der Waals surface area contributed by atoms with Crippen LogP contribution in [0.1, 0.15) is 44.2 Å². The van der Waals surface area contributed by atoms with Crippen LogP contribution in [0.3, 0.4) is 0 Å². The molecule has 21 heavy (non-hydrogen) atoms. The van der Waals surface area contributed by atoms with Gasteiger partial charge in [-0.05, 0) is 57.0 Å². The van der Waals surface area contributed by atoms with Gasteiger partial charge in [-0.3, -0.25) is 0 Å². The molecule has 0 amide bonds. The lowest BCUT2D eigenvalue weighted by molar-refractivity contribution is 0.209. The van der Waals surface area contributed by atoms with Crippen molar-refractivity contribution < 1.29 is 4.74 Å². The molecule has 1 fully saturated rings.